The van der Waals surface area contributed by atoms with Crippen molar-refractivity contribution in [3.63, 3.8) is 0 Å². The molecule has 0 atom stereocenters. The van der Waals surface area contributed by atoms with Crippen LogP contribution in [0.25, 0.3) is 43.6 Å². The molecule has 0 radical (unpaired) electrons. The van der Waals surface area contributed by atoms with Crippen molar-refractivity contribution in [3.05, 3.63) is 68.8 Å². The van der Waals surface area contributed by atoms with Crippen LogP contribution in [-0.2, 0) is 20.8 Å². The van der Waals surface area contributed by atoms with E-state index in [0.717, 1.165) is 71.7 Å². The van der Waals surface area contributed by atoms with E-state index in [1.54, 1.807) is 11.3 Å². The lowest BCUT2D eigenvalue weighted by atomic mass is 9.81. The molecule has 1 saturated carbocycles. The highest BCUT2D eigenvalue weighted by molar-refractivity contribution is 9.10. The minimum atomic E-state index is -0.392. The van der Waals surface area contributed by atoms with Gasteiger partial charge in [-0.3, -0.25) is 4.79 Å². The average molecular weight is 702 g/mol. The first-order chi connectivity index (χ1) is 22.3. The number of rotatable bonds is 6. The van der Waals surface area contributed by atoms with E-state index >= 15 is 0 Å². The Morgan fingerprint density at radius 3 is 2.52 bits per heavy atom. The molecule has 3 aromatic heterocycles. The van der Waals surface area contributed by atoms with Crippen LogP contribution in [0.5, 0.6) is 0 Å². The van der Waals surface area contributed by atoms with Gasteiger partial charge in [0.05, 0.1) is 63.9 Å². The highest BCUT2D eigenvalue weighted by Gasteiger charge is 2.29. The molecule has 0 spiro atoms. The van der Waals surface area contributed by atoms with Gasteiger partial charge in [0.15, 0.2) is 0 Å². The first kappa shape index (κ1) is 31.0. The van der Waals surface area contributed by atoms with Gasteiger partial charge in [-0.05, 0) is 84.4 Å². The number of carbonyl (C=O) groups excluding carboxylic acids is 2. The summed E-state index contributed by atoms with van der Waals surface area (Å²) in [6.07, 6.45) is 5.77. The van der Waals surface area contributed by atoms with Crippen LogP contribution in [0.3, 0.4) is 0 Å². The zero-order valence-corrected chi connectivity index (χ0v) is 28.8. The van der Waals surface area contributed by atoms with Crippen molar-refractivity contribution in [1.29, 1.82) is 0 Å². The zero-order valence-electron chi connectivity index (χ0n) is 26.4. The van der Waals surface area contributed by atoms with Crippen molar-refractivity contribution >= 4 is 60.9 Å². The number of fused-ring (bicyclic) bond motifs is 2. The van der Waals surface area contributed by atoms with Gasteiger partial charge in [0.25, 0.3) is 0 Å². The summed E-state index contributed by atoms with van der Waals surface area (Å²) in [7, 11) is 1.40. The van der Waals surface area contributed by atoms with E-state index < -0.39 is 5.97 Å². The summed E-state index contributed by atoms with van der Waals surface area (Å²) in [5.74, 6) is 0.000558. The number of amides is 1. The molecule has 1 aliphatic carbocycles. The van der Waals surface area contributed by atoms with Crippen LogP contribution in [-0.4, -0.2) is 64.7 Å². The van der Waals surface area contributed by atoms with E-state index in [1.807, 2.05) is 36.9 Å². The van der Waals surface area contributed by atoms with Crippen LogP contribution < -0.4 is 0 Å². The van der Waals surface area contributed by atoms with Gasteiger partial charge >= 0.3 is 5.97 Å². The number of halogens is 1. The number of thiazole rings is 1. The molecule has 46 heavy (non-hydrogen) atoms. The number of carbonyl (C=O) groups is 2. The monoisotopic (exact) mass is 700 g/mol. The lowest BCUT2D eigenvalue weighted by Gasteiger charge is -2.28. The summed E-state index contributed by atoms with van der Waals surface area (Å²) in [6, 6.07) is 14.3. The predicted molar refractivity (Wildman–Crippen MR) is 186 cm³/mol. The standard InChI is InChI=1S/C36H37BrN4O4S/c1-21-35(46-22(2)38-21)29-12-10-24-17-26(18-28(37)33(24)39-29)34-32(23-7-5-4-6-8-23)27-11-9-25(36(43)44-3)19-30(27)41(34)20-31(42)40-13-15-45-16-14-40/h9-12,17-19,23H,4-8,13-16,20H2,1-3H3. The maximum Gasteiger partial charge on any atom is 0.337 e. The highest BCUT2D eigenvalue weighted by atomic mass is 79.9. The minimum absolute atomic E-state index is 0.0431. The Bertz CT molecular complexity index is 1970. The van der Waals surface area contributed by atoms with Crippen LogP contribution in [0.15, 0.2) is 46.9 Å². The molecule has 2 aliphatic rings. The van der Waals surface area contributed by atoms with Crippen molar-refractivity contribution in [2.45, 2.75) is 58.4 Å². The Labute approximate surface area is 280 Å². The number of methoxy groups -OCH3 is 1. The molecule has 0 bridgehead atoms. The number of nitrogens with zero attached hydrogens (tertiary/aromatic N) is 4. The minimum Gasteiger partial charge on any atom is -0.465 e. The average Bonchev–Trinajstić information content (AvgIpc) is 3.59. The maximum absolute atomic E-state index is 13.9. The zero-order chi connectivity index (χ0) is 31.9. The van der Waals surface area contributed by atoms with Crippen LogP contribution in [0.1, 0.15) is 64.6 Å². The van der Waals surface area contributed by atoms with Crippen molar-refractivity contribution in [2.75, 3.05) is 33.4 Å². The Kier molecular flexibility index (Phi) is 8.69. The van der Waals surface area contributed by atoms with Gasteiger partial charge in [-0.1, -0.05) is 31.4 Å². The molecule has 0 N–H and O–H groups in total. The Morgan fingerprint density at radius 2 is 1.80 bits per heavy atom. The number of aromatic nitrogens is 3. The lowest BCUT2D eigenvalue weighted by molar-refractivity contribution is -0.135. The highest BCUT2D eigenvalue weighted by Crippen LogP contribution is 2.46. The van der Waals surface area contributed by atoms with E-state index in [1.165, 1.54) is 31.9 Å². The number of ether oxygens (including phenoxy) is 2. The fourth-order valence-electron chi connectivity index (χ4n) is 7.17. The van der Waals surface area contributed by atoms with E-state index in [2.05, 4.69) is 49.7 Å². The van der Waals surface area contributed by atoms with Gasteiger partial charge < -0.3 is 18.9 Å². The number of morpholine rings is 1. The van der Waals surface area contributed by atoms with Gasteiger partial charge in [-0.15, -0.1) is 11.3 Å². The van der Waals surface area contributed by atoms with Gasteiger partial charge in [0.2, 0.25) is 5.91 Å². The van der Waals surface area contributed by atoms with Gasteiger partial charge in [0.1, 0.15) is 6.54 Å². The number of aryl methyl sites for hydroxylation is 2. The normalized spacial score (nSPS) is 16.0. The SMILES string of the molecule is COC(=O)c1ccc2c(C3CCCCC3)c(-c3cc(Br)c4nc(-c5sc(C)nc5C)ccc4c3)n(CC(=O)N3CCOCC3)c2c1. The van der Waals surface area contributed by atoms with Crippen molar-refractivity contribution in [3.8, 4) is 21.8 Å². The van der Waals surface area contributed by atoms with Crippen LogP contribution >= 0.6 is 27.3 Å². The van der Waals surface area contributed by atoms with Crippen molar-refractivity contribution in [2.24, 2.45) is 0 Å². The third-order valence-electron chi connectivity index (χ3n) is 9.35. The molecular weight excluding hydrogens is 664 g/mol. The Morgan fingerprint density at radius 1 is 1.02 bits per heavy atom. The summed E-state index contributed by atoms with van der Waals surface area (Å²) in [6.45, 7) is 6.44. The summed E-state index contributed by atoms with van der Waals surface area (Å²) < 4.78 is 13.7. The molecular formula is C36H37BrN4O4S. The van der Waals surface area contributed by atoms with Crippen LogP contribution in [0, 0.1) is 13.8 Å². The third kappa shape index (κ3) is 5.75. The predicted octanol–water partition coefficient (Wildman–Crippen LogP) is 8.05. The van der Waals surface area contributed by atoms with Gasteiger partial charge in [-0.25, -0.2) is 14.8 Å². The van der Waals surface area contributed by atoms with Gasteiger partial charge in [-0.2, -0.15) is 0 Å². The number of benzene rings is 2. The first-order valence-corrected chi connectivity index (χ1v) is 17.6. The molecule has 2 fully saturated rings. The quantitative estimate of drug-likeness (QED) is 0.167. The van der Waals surface area contributed by atoms with E-state index in [4.69, 9.17) is 14.5 Å². The number of esters is 1. The maximum atomic E-state index is 13.9. The molecule has 7 rings (SSSR count). The molecule has 4 heterocycles. The summed E-state index contributed by atoms with van der Waals surface area (Å²) >= 11 is 5.54. The fraction of sp³-hybridized carbons (Fsp3) is 0.389. The third-order valence-corrected chi connectivity index (χ3v) is 11.1. The molecule has 0 unspecified atom stereocenters. The molecule has 8 nitrogen and oxygen atoms in total. The molecule has 1 amide bonds. The number of pyridine rings is 1. The second kappa shape index (κ2) is 12.9. The fourth-order valence-corrected chi connectivity index (χ4v) is 8.63. The molecule has 1 saturated heterocycles. The molecule has 10 heteroatoms. The smallest absolute Gasteiger partial charge is 0.337 e. The Hall–Kier alpha value is -3.60. The molecule has 5 aromatic rings. The molecule has 1 aliphatic heterocycles. The number of hydrogen-bond acceptors (Lipinski definition) is 7. The summed E-state index contributed by atoms with van der Waals surface area (Å²) in [4.78, 5) is 39.2. The van der Waals surface area contributed by atoms with Crippen molar-refractivity contribution < 1.29 is 19.1 Å². The van der Waals surface area contributed by atoms with Crippen molar-refractivity contribution in [1.82, 2.24) is 19.4 Å². The van der Waals surface area contributed by atoms with Gasteiger partial charge in [0, 0.05) is 33.9 Å². The van der Waals surface area contributed by atoms with E-state index in [-0.39, 0.29) is 12.5 Å². The second-order valence-corrected chi connectivity index (χ2v) is 14.3. The summed E-state index contributed by atoms with van der Waals surface area (Å²) in [5, 5.41) is 3.12. The number of hydrogen-bond donors (Lipinski definition) is 0. The largest absolute Gasteiger partial charge is 0.465 e. The van der Waals surface area contributed by atoms with E-state index in [9.17, 15) is 9.59 Å². The lowest BCUT2D eigenvalue weighted by Crippen LogP contribution is -2.42. The summed E-state index contributed by atoms with van der Waals surface area (Å²) in [5.41, 5.74) is 7.43. The second-order valence-electron chi connectivity index (χ2n) is 12.3. The molecule has 2 aromatic carbocycles. The van der Waals surface area contributed by atoms with Crippen LogP contribution in [0.2, 0.25) is 0 Å². The topological polar surface area (TPSA) is 86.5 Å². The van der Waals surface area contributed by atoms with Crippen LogP contribution in [0.4, 0.5) is 0 Å². The molecule has 238 valence electrons. The first-order valence-electron chi connectivity index (χ1n) is 16.0. The van der Waals surface area contributed by atoms with E-state index in [0.29, 0.717) is 37.8 Å². The Balaban J connectivity index is 1.44.